The summed E-state index contributed by atoms with van der Waals surface area (Å²) in [5, 5.41) is 9.60. The van der Waals surface area contributed by atoms with E-state index in [0.717, 1.165) is 26.7 Å². The first-order valence-electron chi connectivity index (χ1n) is 5.98. The third-order valence-electron chi connectivity index (χ3n) is 3.08. The zero-order chi connectivity index (χ0) is 13.6. The molecule has 0 saturated carbocycles. The van der Waals surface area contributed by atoms with Crippen molar-refractivity contribution < 1.29 is 9.90 Å². The SMILES string of the molecule is CC(=O)N1c2ccc(C)cc2Sc2cc(O)ccc21. The summed E-state index contributed by atoms with van der Waals surface area (Å²) in [6, 6.07) is 11.1. The van der Waals surface area contributed by atoms with Crippen molar-refractivity contribution in [2.75, 3.05) is 4.90 Å². The molecule has 0 aliphatic carbocycles. The molecule has 3 nitrogen and oxygen atoms in total. The maximum Gasteiger partial charge on any atom is 0.228 e. The van der Waals surface area contributed by atoms with Gasteiger partial charge in [-0.1, -0.05) is 17.8 Å². The summed E-state index contributed by atoms with van der Waals surface area (Å²) in [6.07, 6.45) is 0. The second kappa shape index (κ2) is 4.31. The van der Waals surface area contributed by atoms with Gasteiger partial charge >= 0.3 is 0 Å². The predicted molar refractivity (Wildman–Crippen MR) is 76.2 cm³/mol. The smallest absolute Gasteiger partial charge is 0.228 e. The summed E-state index contributed by atoms with van der Waals surface area (Å²) in [5.74, 6) is 0.184. The Morgan fingerprint density at radius 1 is 1.11 bits per heavy atom. The molecule has 2 aromatic rings. The molecule has 4 heteroatoms. The molecule has 0 unspecified atom stereocenters. The predicted octanol–water partition coefficient (Wildman–Crippen LogP) is 3.85. The number of nitrogens with zero attached hydrogens (tertiary/aromatic N) is 1. The lowest BCUT2D eigenvalue weighted by Gasteiger charge is -2.30. The molecule has 1 aliphatic heterocycles. The van der Waals surface area contributed by atoms with Crippen LogP contribution in [-0.2, 0) is 4.79 Å². The summed E-state index contributed by atoms with van der Waals surface area (Å²) in [4.78, 5) is 15.6. The fourth-order valence-electron chi connectivity index (χ4n) is 2.24. The Hall–Kier alpha value is -1.94. The third-order valence-corrected chi connectivity index (χ3v) is 4.17. The van der Waals surface area contributed by atoms with Gasteiger partial charge in [0.2, 0.25) is 5.91 Å². The molecule has 0 aromatic heterocycles. The molecule has 96 valence electrons. The van der Waals surface area contributed by atoms with E-state index >= 15 is 0 Å². The minimum absolute atomic E-state index is 0.0302. The van der Waals surface area contributed by atoms with Crippen molar-refractivity contribution in [3.63, 3.8) is 0 Å². The molecule has 1 amide bonds. The number of phenols is 1. The van der Waals surface area contributed by atoms with Gasteiger partial charge in [-0.15, -0.1) is 0 Å². The maximum absolute atomic E-state index is 11.9. The number of aromatic hydroxyl groups is 1. The van der Waals surface area contributed by atoms with E-state index in [2.05, 4.69) is 6.07 Å². The summed E-state index contributed by atoms with van der Waals surface area (Å²) in [5.41, 5.74) is 2.88. The van der Waals surface area contributed by atoms with E-state index in [4.69, 9.17) is 0 Å². The Bertz CT molecular complexity index is 630. The fraction of sp³-hybridized carbons (Fsp3) is 0.133. The maximum atomic E-state index is 11.9. The van der Waals surface area contributed by atoms with Gasteiger partial charge in [0, 0.05) is 16.7 Å². The van der Waals surface area contributed by atoms with Crippen LogP contribution in [0.3, 0.4) is 0 Å². The van der Waals surface area contributed by atoms with E-state index in [0.29, 0.717) is 0 Å². The van der Waals surface area contributed by atoms with Crippen molar-refractivity contribution >= 4 is 29.0 Å². The molecule has 1 N–H and O–H groups in total. The summed E-state index contributed by atoms with van der Waals surface area (Å²) in [7, 11) is 0. The molecule has 0 saturated heterocycles. The monoisotopic (exact) mass is 271 g/mol. The molecule has 1 heterocycles. The Morgan fingerprint density at radius 2 is 1.74 bits per heavy atom. The summed E-state index contributed by atoms with van der Waals surface area (Å²) >= 11 is 1.58. The first-order valence-corrected chi connectivity index (χ1v) is 6.80. The van der Waals surface area contributed by atoms with Crippen LogP contribution in [-0.4, -0.2) is 11.0 Å². The first-order chi connectivity index (χ1) is 9.06. The normalized spacial score (nSPS) is 12.8. The number of aryl methyl sites for hydroxylation is 1. The summed E-state index contributed by atoms with van der Waals surface area (Å²) < 4.78 is 0. The number of carbonyl (C=O) groups is 1. The lowest BCUT2D eigenvalue weighted by Crippen LogP contribution is -2.25. The van der Waals surface area contributed by atoms with Crippen LogP contribution in [0.25, 0.3) is 0 Å². The van der Waals surface area contributed by atoms with Crippen molar-refractivity contribution in [3.05, 3.63) is 42.0 Å². The minimum atomic E-state index is -0.0302. The van der Waals surface area contributed by atoms with Crippen molar-refractivity contribution in [3.8, 4) is 5.75 Å². The van der Waals surface area contributed by atoms with Crippen molar-refractivity contribution in [2.24, 2.45) is 0 Å². The van der Waals surface area contributed by atoms with Crippen molar-refractivity contribution in [1.82, 2.24) is 0 Å². The second-order valence-corrected chi connectivity index (χ2v) is 5.66. The van der Waals surface area contributed by atoms with Crippen molar-refractivity contribution in [1.29, 1.82) is 0 Å². The Kier molecular flexibility index (Phi) is 2.75. The molecule has 0 fully saturated rings. The molecular formula is C15H13NO2S. The fourth-order valence-corrected chi connectivity index (χ4v) is 3.43. The molecule has 0 radical (unpaired) electrons. The van der Waals surface area contributed by atoms with Gasteiger partial charge in [-0.25, -0.2) is 0 Å². The van der Waals surface area contributed by atoms with Crippen molar-refractivity contribution in [2.45, 2.75) is 23.6 Å². The van der Waals surface area contributed by atoms with Crippen LogP contribution >= 0.6 is 11.8 Å². The number of fused-ring (bicyclic) bond motifs is 2. The zero-order valence-electron chi connectivity index (χ0n) is 10.7. The van der Waals surface area contributed by atoms with Gasteiger partial charge in [0.25, 0.3) is 0 Å². The standard InChI is InChI=1S/C15H13NO2S/c1-9-3-5-12-14(7-9)19-15-8-11(18)4-6-13(15)16(12)10(2)17/h3-8,18H,1-2H3. The van der Waals surface area contributed by atoms with Gasteiger partial charge < -0.3 is 5.11 Å². The van der Waals surface area contributed by atoms with Crippen LogP contribution in [0.5, 0.6) is 5.75 Å². The number of amides is 1. The Labute approximate surface area is 115 Å². The number of phenolic OH excluding ortho intramolecular Hbond substituents is 1. The highest BCUT2D eigenvalue weighted by molar-refractivity contribution is 7.99. The highest BCUT2D eigenvalue weighted by atomic mass is 32.2. The largest absolute Gasteiger partial charge is 0.508 e. The Balaban J connectivity index is 2.23. The topological polar surface area (TPSA) is 40.5 Å². The lowest BCUT2D eigenvalue weighted by atomic mass is 10.1. The molecular weight excluding hydrogens is 258 g/mol. The number of hydrogen-bond donors (Lipinski definition) is 1. The van der Waals surface area contributed by atoms with Crippen LogP contribution in [0.4, 0.5) is 11.4 Å². The number of benzene rings is 2. The average Bonchev–Trinajstić information content (AvgIpc) is 2.35. The number of rotatable bonds is 0. The first kappa shape index (κ1) is 12.1. The quantitative estimate of drug-likeness (QED) is 0.791. The van der Waals surface area contributed by atoms with Crippen LogP contribution in [0.15, 0.2) is 46.2 Å². The number of hydrogen-bond acceptors (Lipinski definition) is 3. The van der Waals surface area contributed by atoms with Gasteiger partial charge in [0.15, 0.2) is 0 Å². The molecule has 0 atom stereocenters. The van der Waals surface area contributed by atoms with Gasteiger partial charge in [-0.2, -0.15) is 0 Å². The summed E-state index contributed by atoms with van der Waals surface area (Å²) in [6.45, 7) is 3.58. The molecule has 2 aromatic carbocycles. The van der Waals surface area contributed by atoms with Crippen LogP contribution in [0, 0.1) is 6.92 Å². The van der Waals surface area contributed by atoms with Crippen LogP contribution < -0.4 is 4.90 Å². The molecule has 0 spiro atoms. The van der Waals surface area contributed by atoms with Gasteiger partial charge in [-0.05, 0) is 42.8 Å². The molecule has 1 aliphatic rings. The van der Waals surface area contributed by atoms with E-state index in [1.807, 2.05) is 19.1 Å². The van der Waals surface area contributed by atoms with E-state index in [1.165, 1.54) is 0 Å². The van der Waals surface area contributed by atoms with Crippen LogP contribution in [0.2, 0.25) is 0 Å². The van der Waals surface area contributed by atoms with E-state index in [1.54, 1.807) is 41.8 Å². The molecule has 19 heavy (non-hydrogen) atoms. The van der Waals surface area contributed by atoms with E-state index in [-0.39, 0.29) is 11.7 Å². The number of anilines is 2. The molecule has 3 rings (SSSR count). The van der Waals surface area contributed by atoms with E-state index < -0.39 is 0 Å². The second-order valence-electron chi connectivity index (χ2n) is 4.58. The van der Waals surface area contributed by atoms with Gasteiger partial charge in [0.1, 0.15) is 5.75 Å². The number of carbonyl (C=O) groups excluding carboxylic acids is 1. The average molecular weight is 271 g/mol. The van der Waals surface area contributed by atoms with E-state index in [9.17, 15) is 9.90 Å². The molecule has 0 bridgehead atoms. The highest BCUT2D eigenvalue weighted by Crippen LogP contribution is 2.49. The zero-order valence-corrected chi connectivity index (χ0v) is 11.5. The Morgan fingerprint density at radius 3 is 2.42 bits per heavy atom. The third kappa shape index (κ3) is 1.98. The lowest BCUT2D eigenvalue weighted by molar-refractivity contribution is -0.115. The van der Waals surface area contributed by atoms with Gasteiger partial charge in [0.05, 0.1) is 11.4 Å². The van der Waals surface area contributed by atoms with Crippen LogP contribution in [0.1, 0.15) is 12.5 Å². The minimum Gasteiger partial charge on any atom is -0.508 e. The highest BCUT2D eigenvalue weighted by Gasteiger charge is 2.26. The van der Waals surface area contributed by atoms with Gasteiger partial charge in [-0.3, -0.25) is 9.69 Å².